The molecule has 0 saturated heterocycles. The van der Waals surface area contributed by atoms with E-state index >= 15 is 0 Å². The first kappa shape index (κ1) is 9.53. The molecule has 1 aliphatic carbocycles. The van der Waals surface area contributed by atoms with Crippen molar-refractivity contribution in [3.8, 4) is 0 Å². The Morgan fingerprint density at radius 2 is 1.79 bits per heavy atom. The van der Waals surface area contributed by atoms with E-state index in [1.807, 2.05) is 0 Å². The van der Waals surface area contributed by atoms with Crippen LogP contribution in [0, 0.1) is 0 Å². The normalized spacial score (nSPS) is 17.9. The standard InChI is InChI=1S/C12H18N2/c1-14(2)11-5-3-10(4-6-11)9-12(13)7-8-12/h3-6H,7-9,13H2,1-2H3. The molecule has 14 heavy (non-hydrogen) atoms. The van der Waals surface area contributed by atoms with Gasteiger partial charge < -0.3 is 10.6 Å². The Labute approximate surface area is 85.7 Å². The predicted molar refractivity (Wildman–Crippen MR) is 60.6 cm³/mol. The zero-order valence-electron chi connectivity index (χ0n) is 8.96. The van der Waals surface area contributed by atoms with E-state index in [1.165, 1.54) is 24.1 Å². The average molecular weight is 190 g/mol. The van der Waals surface area contributed by atoms with E-state index < -0.39 is 0 Å². The molecule has 2 nitrogen and oxygen atoms in total. The fraction of sp³-hybridized carbons (Fsp3) is 0.500. The van der Waals surface area contributed by atoms with E-state index in [0.717, 1.165) is 6.42 Å². The molecule has 1 aliphatic rings. The maximum absolute atomic E-state index is 6.07. The minimum absolute atomic E-state index is 0.125. The van der Waals surface area contributed by atoms with E-state index in [1.54, 1.807) is 0 Å². The lowest BCUT2D eigenvalue weighted by Gasteiger charge is -2.14. The Bertz CT molecular complexity index is 310. The van der Waals surface area contributed by atoms with Gasteiger partial charge in [-0.3, -0.25) is 0 Å². The van der Waals surface area contributed by atoms with Crippen LogP contribution in [0.4, 0.5) is 5.69 Å². The molecule has 1 aromatic carbocycles. The Morgan fingerprint density at radius 1 is 1.21 bits per heavy atom. The molecular formula is C12H18N2. The molecule has 2 rings (SSSR count). The van der Waals surface area contributed by atoms with Crippen LogP contribution in [0.1, 0.15) is 18.4 Å². The van der Waals surface area contributed by atoms with Gasteiger partial charge in [-0.1, -0.05) is 12.1 Å². The topological polar surface area (TPSA) is 29.3 Å². The van der Waals surface area contributed by atoms with Crippen LogP contribution in [0.25, 0.3) is 0 Å². The van der Waals surface area contributed by atoms with Gasteiger partial charge in [0.15, 0.2) is 0 Å². The number of rotatable bonds is 3. The lowest BCUT2D eigenvalue weighted by atomic mass is 10.0. The van der Waals surface area contributed by atoms with Crippen molar-refractivity contribution in [1.29, 1.82) is 0 Å². The van der Waals surface area contributed by atoms with Gasteiger partial charge in [-0.05, 0) is 37.0 Å². The van der Waals surface area contributed by atoms with Gasteiger partial charge >= 0.3 is 0 Å². The van der Waals surface area contributed by atoms with Crippen LogP contribution >= 0.6 is 0 Å². The third kappa shape index (κ3) is 2.07. The Morgan fingerprint density at radius 3 is 2.21 bits per heavy atom. The summed E-state index contributed by atoms with van der Waals surface area (Å²) in [7, 11) is 4.11. The second kappa shape index (κ2) is 3.28. The van der Waals surface area contributed by atoms with E-state index in [0.29, 0.717) is 0 Å². The van der Waals surface area contributed by atoms with Gasteiger partial charge in [-0.25, -0.2) is 0 Å². The summed E-state index contributed by atoms with van der Waals surface area (Å²) in [5.41, 5.74) is 8.79. The zero-order valence-corrected chi connectivity index (χ0v) is 8.96. The maximum Gasteiger partial charge on any atom is 0.0361 e. The van der Waals surface area contributed by atoms with Crippen LogP contribution in [-0.4, -0.2) is 19.6 Å². The van der Waals surface area contributed by atoms with Gasteiger partial charge in [0, 0.05) is 25.3 Å². The molecular weight excluding hydrogens is 172 g/mol. The van der Waals surface area contributed by atoms with Crippen LogP contribution < -0.4 is 10.6 Å². The van der Waals surface area contributed by atoms with Crippen LogP contribution in [0.3, 0.4) is 0 Å². The fourth-order valence-corrected chi connectivity index (χ4v) is 1.66. The quantitative estimate of drug-likeness (QED) is 0.787. The monoisotopic (exact) mass is 190 g/mol. The van der Waals surface area contributed by atoms with Gasteiger partial charge in [0.2, 0.25) is 0 Å². The molecule has 0 aliphatic heterocycles. The van der Waals surface area contributed by atoms with Gasteiger partial charge in [0.1, 0.15) is 0 Å². The van der Waals surface area contributed by atoms with Crippen molar-refractivity contribution in [3.05, 3.63) is 29.8 Å². The number of nitrogens with zero attached hydrogens (tertiary/aromatic N) is 1. The van der Waals surface area contributed by atoms with Gasteiger partial charge in [0.05, 0.1) is 0 Å². The third-order valence-corrected chi connectivity index (χ3v) is 2.90. The summed E-state index contributed by atoms with van der Waals surface area (Å²) < 4.78 is 0. The molecule has 0 spiro atoms. The number of benzene rings is 1. The number of hydrogen-bond donors (Lipinski definition) is 1. The summed E-state index contributed by atoms with van der Waals surface area (Å²) in [4.78, 5) is 2.11. The molecule has 1 fully saturated rings. The second-order valence-corrected chi connectivity index (χ2v) is 4.60. The van der Waals surface area contributed by atoms with Crippen molar-refractivity contribution >= 4 is 5.69 Å². The minimum atomic E-state index is 0.125. The number of anilines is 1. The molecule has 0 radical (unpaired) electrons. The molecule has 0 aromatic heterocycles. The molecule has 2 heteroatoms. The Kier molecular flexibility index (Phi) is 2.23. The van der Waals surface area contributed by atoms with Crippen molar-refractivity contribution in [2.24, 2.45) is 5.73 Å². The van der Waals surface area contributed by atoms with Crippen LogP contribution in [0.15, 0.2) is 24.3 Å². The lowest BCUT2D eigenvalue weighted by molar-refractivity contribution is 0.672. The highest BCUT2D eigenvalue weighted by molar-refractivity contribution is 5.46. The summed E-state index contributed by atoms with van der Waals surface area (Å²) in [6.45, 7) is 0. The van der Waals surface area contributed by atoms with E-state index in [-0.39, 0.29) is 5.54 Å². The van der Waals surface area contributed by atoms with Crippen molar-refractivity contribution in [2.45, 2.75) is 24.8 Å². The molecule has 76 valence electrons. The smallest absolute Gasteiger partial charge is 0.0361 e. The molecule has 0 amide bonds. The highest BCUT2D eigenvalue weighted by Crippen LogP contribution is 2.35. The molecule has 1 aromatic rings. The maximum atomic E-state index is 6.07. The summed E-state index contributed by atoms with van der Waals surface area (Å²) in [5.74, 6) is 0. The first-order valence-electron chi connectivity index (χ1n) is 5.14. The zero-order chi connectivity index (χ0) is 10.2. The van der Waals surface area contributed by atoms with E-state index in [2.05, 4.69) is 43.3 Å². The fourth-order valence-electron chi connectivity index (χ4n) is 1.66. The average Bonchev–Trinajstić information content (AvgIpc) is 2.84. The van der Waals surface area contributed by atoms with Crippen LogP contribution in [0.2, 0.25) is 0 Å². The van der Waals surface area contributed by atoms with Crippen molar-refractivity contribution in [3.63, 3.8) is 0 Å². The Hall–Kier alpha value is -1.02. The predicted octanol–water partition coefficient (Wildman–Crippen LogP) is 1.79. The number of hydrogen-bond acceptors (Lipinski definition) is 2. The van der Waals surface area contributed by atoms with Crippen LogP contribution in [0.5, 0.6) is 0 Å². The third-order valence-electron chi connectivity index (χ3n) is 2.90. The van der Waals surface area contributed by atoms with E-state index in [4.69, 9.17) is 5.73 Å². The summed E-state index contributed by atoms with van der Waals surface area (Å²) in [5, 5.41) is 0. The highest BCUT2D eigenvalue weighted by atomic mass is 15.1. The number of nitrogens with two attached hydrogens (primary N) is 1. The molecule has 1 saturated carbocycles. The van der Waals surface area contributed by atoms with Crippen molar-refractivity contribution < 1.29 is 0 Å². The van der Waals surface area contributed by atoms with Gasteiger partial charge in [-0.15, -0.1) is 0 Å². The van der Waals surface area contributed by atoms with E-state index in [9.17, 15) is 0 Å². The summed E-state index contributed by atoms with van der Waals surface area (Å²) >= 11 is 0. The molecule has 2 N–H and O–H groups in total. The van der Waals surface area contributed by atoms with Gasteiger partial charge in [0.25, 0.3) is 0 Å². The largest absolute Gasteiger partial charge is 0.378 e. The highest BCUT2D eigenvalue weighted by Gasteiger charge is 2.37. The van der Waals surface area contributed by atoms with Crippen molar-refractivity contribution in [2.75, 3.05) is 19.0 Å². The molecule has 0 unspecified atom stereocenters. The molecule has 0 atom stereocenters. The second-order valence-electron chi connectivity index (χ2n) is 4.60. The SMILES string of the molecule is CN(C)c1ccc(CC2(N)CC2)cc1. The van der Waals surface area contributed by atoms with Crippen molar-refractivity contribution in [1.82, 2.24) is 0 Å². The molecule has 0 heterocycles. The Balaban J connectivity index is 2.06. The lowest BCUT2D eigenvalue weighted by Crippen LogP contribution is -2.24. The minimum Gasteiger partial charge on any atom is -0.378 e. The first-order valence-corrected chi connectivity index (χ1v) is 5.14. The summed E-state index contributed by atoms with van der Waals surface area (Å²) in [6, 6.07) is 8.67. The van der Waals surface area contributed by atoms with Gasteiger partial charge in [-0.2, -0.15) is 0 Å². The molecule has 0 bridgehead atoms. The van der Waals surface area contributed by atoms with Crippen LogP contribution in [-0.2, 0) is 6.42 Å². The first-order chi connectivity index (χ1) is 6.59. The summed E-state index contributed by atoms with van der Waals surface area (Å²) in [6.07, 6.45) is 3.39.